The van der Waals surface area contributed by atoms with Crippen molar-refractivity contribution < 1.29 is 4.79 Å². The van der Waals surface area contributed by atoms with E-state index in [9.17, 15) is 4.79 Å². The molecule has 2 heterocycles. The fourth-order valence-electron chi connectivity index (χ4n) is 3.27. The molecule has 1 aromatic heterocycles. The first kappa shape index (κ1) is 16.7. The lowest BCUT2D eigenvalue weighted by Crippen LogP contribution is -2.40. The van der Waals surface area contributed by atoms with E-state index in [0.29, 0.717) is 12.3 Å². The monoisotopic (exact) mass is 323 g/mol. The lowest BCUT2D eigenvalue weighted by molar-refractivity contribution is -0.121. The van der Waals surface area contributed by atoms with E-state index in [2.05, 4.69) is 46.4 Å². The van der Waals surface area contributed by atoms with Gasteiger partial charge in [-0.25, -0.2) is 0 Å². The SMILES string of the molecule is Cc1ccc(CC(=O)N[C@@H]2CN(Cc3ccccc3)C[C@@H]2C)cn1. The minimum atomic E-state index is 0.0825. The number of aryl methyl sites for hydroxylation is 1. The zero-order valence-corrected chi connectivity index (χ0v) is 14.4. The fraction of sp³-hybridized carbons (Fsp3) is 0.400. The van der Waals surface area contributed by atoms with Crippen molar-refractivity contribution in [1.82, 2.24) is 15.2 Å². The van der Waals surface area contributed by atoms with E-state index < -0.39 is 0 Å². The summed E-state index contributed by atoms with van der Waals surface area (Å²) in [6.07, 6.45) is 2.18. The molecule has 0 spiro atoms. The summed E-state index contributed by atoms with van der Waals surface area (Å²) in [7, 11) is 0. The van der Waals surface area contributed by atoms with Crippen molar-refractivity contribution in [2.45, 2.75) is 32.9 Å². The van der Waals surface area contributed by atoms with Crippen LogP contribution in [0.1, 0.15) is 23.7 Å². The molecule has 0 radical (unpaired) electrons. The van der Waals surface area contributed by atoms with Gasteiger partial charge in [-0.05, 0) is 30.0 Å². The van der Waals surface area contributed by atoms with Crippen molar-refractivity contribution in [3.63, 3.8) is 0 Å². The van der Waals surface area contributed by atoms with Gasteiger partial charge in [-0.2, -0.15) is 0 Å². The van der Waals surface area contributed by atoms with Crippen LogP contribution in [0, 0.1) is 12.8 Å². The first-order valence-corrected chi connectivity index (χ1v) is 8.57. The maximum atomic E-state index is 12.3. The van der Waals surface area contributed by atoms with Crippen LogP contribution in [-0.4, -0.2) is 34.9 Å². The number of rotatable bonds is 5. The molecule has 4 nitrogen and oxygen atoms in total. The molecule has 1 N–H and O–H groups in total. The lowest BCUT2D eigenvalue weighted by Gasteiger charge is -2.17. The number of pyridine rings is 1. The van der Waals surface area contributed by atoms with Crippen LogP contribution in [0.25, 0.3) is 0 Å². The van der Waals surface area contributed by atoms with Gasteiger partial charge in [0, 0.05) is 37.6 Å². The van der Waals surface area contributed by atoms with Crippen molar-refractivity contribution in [2.24, 2.45) is 5.92 Å². The summed E-state index contributed by atoms with van der Waals surface area (Å²) < 4.78 is 0. The molecular formula is C20H25N3O. The highest BCUT2D eigenvalue weighted by Gasteiger charge is 2.30. The quantitative estimate of drug-likeness (QED) is 0.920. The van der Waals surface area contributed by atoms with Crippen molar-refractivity contribution in [1.29, 1.82) is 0 Å². The summed E-state index contributed by atoms with van der Waals surface area (Å²) in [6, 6.07) is 14.6. The van der Waals surface area contributed by atoms with Crippen LogP contribution >= 0.6 is 0 Å². The van der Waals surface area contributed by atoms with Gasteiger partial charge in [0.1, 0.15) is 0 Å². The van der Waals surface area contributed by atoms with Gasteiger partial charge in [0.05, 0.1) is 6.42 Å². The Hall–Kier alpha value is -2.20. The third-order valence-electron chi connectivity index (χ3n) is 4.62. The summed E-state index contributed by atoms with van der Waals surface area (Å²) in [4.78, 5) is 19.0. The van der Waals surface area contributed by atoms with Crippen molar-refractivity contribution in [2.75, 3.05) is 13.1 Å². The van der Waals surface area contributed by atoms with Crippen LogP contribution in [-0.2, 0) is 17.8 Å². The third-order valence-corrected chi connectivity index (χ3v) is 4.62. The van der Waals surface area contributed by atoms with Gasteiger partial charge in [-0.15, -0.1) is 0 Å². The van der Waals surface area contributed by atoms with E-state index in [4.69, 9.17) is 0 Å². The molecule has 3 rings (SSSR count). The number of hydrogen-bond donors (Lipinski definition) is 1. The molecule has 2 atom stereocenters. The first-order chi connectivity index (χ1) is 11.6. The molecule has 4 heteroatoms. The highest BCUT2D eigenvalue weighted by atomic mass is 16.1. The molecule has 2 aromatic rings. The smallest absolute Gasteiger partial charge is 0.224 e. The maximum absolute atomic E-state index is 12.3. The van der Waals surface area contributed by atoms with Gasteiger partial charge in [-0.1, -0.05) is 43.3 Å². The average Bonchev–Trinajstić information content (AvgIpc) is 2.90. The Balaban J connectivity index is 1.51. The number of aromatic nitrogens is 1. The standard InChI is InChI=1S/C20H25N3O/c1-15-12-23(13-17-6-4-3-5-7-17)14-19(15)22-20(24)10-18-9-8-16(2)21-11-18/h3-9,11,15,19H,10,12-14H2,1-2H3,(H,22,24)/t15-,19+/m0/s1. The van der Waals surface area contributed by atoms with Gasteiger partial charge in [0.15, 0.2) is 0 Å². The van der Waals surface area contributed by atoms with E-state index >= 15 is 0 Å². The van der Waals surface area contributed by atoms with E-state index in [0.717, 1.165) is 30.9 Å². The molecule has 1 aliphatic rings. The number of nitrogens with one attached hydrogen (secondary N) is 1. The van der Waals surface area contributed by atoms with E-state index in [1.165, 1.54) is 5.56 Å². The number of likely N-dealkylation sites (tertiary alicyclic amines) is 1. The minimum absolute atomic E-state index is 0.0825. The highest BCUT2D eigenvalue weighted by Crippen LogP contribution is 2.19. The molecule has 1 aromatic carbocycles. The van der Waals surface area contributed by atoms with Crippen molar-refractivity contribution in [3.05, 3.63) is 65.5 Å². The number of carbonyl (C=O) groups excluding carboxylic acids is 1. The van der Waals surface area contributed by atoms with Crippen molar-refractivity contribution >= 4 is 5.91 Å². The summed E-state index contributed by atoms with van der Waals surface area (Å²) >= 11 is 0. The molecular weight excluding hydrogens is 298 g/mol. The number of nitrogens with zero attached hydrogens (tertiary/aromatic N) is 2. The zero-order chi connectivity index (χ0) is 16.9. The fourth-order valence-corrected chi connectivity index (χ4v) is 3.27. The normalized spacial score (nSPS) is 20.9. The summed E-state index contributed by atoms with van der Waals surface area (Å²) in [5.41, 5.74) is 3.26. The third kappa shape index (κ3) is 4.42. The highest BCUT2D eigenvalue weighted by molar-refractivity contribution is 5.78. The Labute approximate surface area is 143 Å². The number of benzene rings is 1. The van der Waals surface area contributed by atoms with Gasteiger partial charge >= 0.3 is 0 Å². The molecule has 0 aliphatic carbocycles. The Morgan fingerprint density at radius 2 is 1.96 bits per heavy atom. The van der Waals surface area contributed by atoms with Crippen LogP contribution in [0.4, 0.5) is 0 Å². The molecule has 1 aliphatic heterocycles. The van der Waals surface area contributed by atoms with Crippen LogP contribution in [0.2, 0.25) is 0 Å². The van der Waals surface area contributed by atoms with Crippen LogP contribution in [0.5, 0.6) is 0 Å². The second-order valence-electron chi connectivity index (χ2n) is 6.82. The Kier molecular flexibility index (Phi) is 5.26. The summed E-state index contributed by atoms with van der Waals surface area (Å²) in [6.45, 7) is 7.04. The van der Waals surface area contributed by atoms with E-state index in [-0.39, 0.29) is 11.9 Å². The number of carbonyl (C=O) groups is 1. The lowest BCUT2D eigenvalue weighted by atomic mass is 10.1. The topological polar surface area (TPSA) is 45.2 Å². The van der Waals surface area contributed by atoms with Crippen LogP contribution in [0.15, 0.2) is 48.7 Å². The minimum Gasteiger partial charge on any atom is -0.351 e. The predicted octanol–water partition coefficient (Wildman–Crippen LogP) is 2.57. The van der Waals surface area contributed by atoms with Crippen LogP contribution in [0.3, 0.4) is 0 Å². The zero-order valence-electron chi connectivity index (χ0n) is 14.4. The number of hydrogen-bond acceptors (Lipinski definition) is 3. The van der Waals surface area contributed by atoms with Crippen LogP contribution < -0.4 is 5.32 Å². The Bertz CT molecular complexity index is 669. The number of amides is 1. The molecule has 24 heavy (non-hydrogen) atoms. The van der Waals surface area contributed by atoms with Gasteiger partial charge < -0.3 is 5.32 Å². The second kappa shape index (κ2) is 7.58. The predicted molar refractivity (Wildman–Crippen MR) is 95.5 cm³/mol. The molecule has 0 saturated carbocycles. The molecule has 126 valence electrons. The van der Waals surface area contributed by atoms with Gasteiger partial charge in [0.25, 0.3) is 0 Å². The van der Waals surface area contributed by atoms with Crippen molar-refractivity contribution in [3.8, 4) is 0 Å². The first-order valence-electron chi connectivity index (χ1n) is 8.57. The van der Waals surface area contributed by atoms with E-state index in [1.54, 1.807) is 6.20 Å². The Morgan fingerprint density at radius 3 is 2.67 bits per heavy atom. The molecule has 1 saturated heterocycles. The van der Waals surface area contributed by atoms with Gasteiger partial charge in [0.2, 0.25) is 5.91 Å². The molecule has 1 amide bonds. The Morgan fingerprint density at radius 1 is 1.17 bits per heavy atom. The second-order valence-corrected chi connectivity index (χ2v) is 6.82. The largest absolute Gasteiger partial charge is 0.351 e. The van der Waals surface area contributed by atoms with Gasteiger partial charge in [-0.3, -0.25) is 14.7 Å². The summed E-state index contributed by atoms with van der Waals surface area (Å²) in [5.74, 6) is 0.549. The van der Waals surface area contributed by atoms with E-state index in [1.807, 2.05) is 25.1 Å². The average molecular weight is 323 g/mol. The summed E-state index contributed by atoms with van der Waals surface area (Å²) in [5, 5.41) is 3.20. The molecule has 0 bridgehead atoms. The molecule has 0 unspecified atom stereocenters. The maximum Gasteiger partial charge on any atom is 0.224 e. The molecule has 1 fully saturated rings.